The molecule has 0 aliphatic heterocycles. The number of rotatable bonds is 4. The second-order valence-electron chi connectivity index (χ2n) is 4.15. The van der Waals surface area contributed by atoms with Crippen molar-refractivity contribution in [2.75, 3.05) is 6.54 Å². The fraction of sp³-hybridized carbons (Fsp3) is 0.385. The van der Waals surface area contributed by atoms with E-state index >= 15 is 0 Å². The minimum Gasteiger partial charge on any atom is -0.461 e. The van der Waals surface area contributed by atoms with E-state index in [1.54, 1.807) is 6.07 Å². The highest BCUT2D eigenvalue weighted by molar-refractivity contribution is 5.78. The van der Waals surface area contributed by atoms with Crippen molar-refractivity contribution >= 4 is 11.0 Å². The van der Waals surface area contributed by atoms with E-state index in [9.17, 15) is 8.78 Å². The number of likely N-dealkylation sites (N-methyl/N-ethyl adjacent to an activating group) is 1. The molecule has 1 aromatic heterocycles. The highest BCUT2D eigenvalue weighted by Gasteiger charge is 2.17. The summed E-state index contributed by atoms with van der Waals surface area (Å²) in [4.78, 5) is 0. The summed E-state index contributed by atoms with van der Waals surface area (Å²) in [6, 6.07) is 2.89. The zero-order valence-electron chi connectivity index (χ0n) is 9.89. The summed E-state index contributed by atoms with van der Waals surface area (Å²) >= 11 is 0. The van der Waals surface area contributed by atoms with Crippen LogP contribution >= 0.6 is 0 Å². The molecule has 2 rings (SSSR count). The first-order valence-electron chi connectivity index (χ1n) is 5.71. The van der Waals surface area contributed by atoms with Gasteiger partial charge >= 0.3 is 0 Å². The Balaban J connectivity index is 2.38. The van der Waals surface area contributed by atoms with Crippen molar-refractivity contribution in [1.82, 2.24) is 5.32 Å². The van der Waals surface area contributed by atoms with Crippen LogP contribution in [0.15, 0.2) is 22.8 Å². The third-order valence-electron chi connectivity index (χ3n) is 2.79. The van der Waals surface area contributed by atoms with Gasteiger partial charge in [-0.05, 0) is 32.0 Å². The molecule has 0 aliphatic carbocycles. The summed E-state index contributed by atoms with van der Waals surface area (Å²) in [5, 5.41) is 3.58. The molecule has 92 valence electrons. The van der Waals surface area contributed by atoms with Crippen LogP contribution in [0.2, 0.25) is 0 Å². The summed E-state index contributed by atoms with van der Waals surface area (Å²) in [6.07, 6.45) is 1.67. The van der Waals surface area contributed by atoms with Crippen LogP contribution in [-0.4, -0.2) is 12.6 Å². The summed E-state index contributed by atoms with van der Waals surface area (Å²) in [6.45, 7) is 4.63. The largest absolute Gasteiger partial charge is 0.461 e. The molecule has 0 bridgehead atoms. The molecule has 0 aliphatic rings. The first-order valence-corrected chi connectivity index (χ1v) is 5.71. The van der Waals surface area contributed by atoms with Gasteiger partial charge in [0.2, 0.25) is 0 Å². The first kappa shape index (κ1) is 12.0. The molecule has 4 heteroatoms. The maximum Gasteiger partial charge on any atom is 0.172 e. The Morgan fingerprint density at radius 2 is 2.18 bits per heavy atom. The fourth-order valence-corrected chi connectivity index (χ4v) is 1.99. The van der Waals surface area contributed by atoms with Gasteiger partial charge in [0.15, 0.2) is 11.4 Å². The average Bonchev–Trinajstić information content (AvgIpc) is 2.72. The summed E-state index contributed by atoms with van der Waals surface area (Å²) in [5.74, 6) is -1.10. The van der Waals surface area contributed by atoms with E-state index in [1.165, 1.54) is 12.3 Å². The number of hydrogen-bond acceptors (Lipinski definition) is 2. The number of hydrogen-bond donors (Lipinski definition) is 1. The van der Waals surface area contributed by atoms with E-state index in [0.29, 0.717) is 11.8 Å². The molecule has 0 radical (unpaired) electrons. The molecule has 2 aromatic rings. The lowest BCUT2D eigenvalue weighted by Gasteiger charge is -2.13. The van der Waals surface area contributed by atoms with Crippen LogP contribution in [0.3, 0.4) is 0 Å². The minimum absolute atomic E-state index is 0.0245. The second kappa shape index (κ2) is 4.84. The third kappa shape index (κ3) is 2.31. The molecule has 0 saturated carbocycles. The lowest BCUT2D eigenvalue weighted by Crippen LogP contribution is -2.28. The molecular formula is C13H15F2NO. The lowest BCUT2D eigenvalue weighted by atomic mass is 10.0. The van der Waals surface area contributed by atoms with Gasteiger partial charge in [-0.25, -0.2) is 8.78 Å². The quantitative estimate of drug-likeness (QED) is 0.886. The van der Waals surface area contributed by atoms with E-state index < -0.39 is 11.6 Å². The molecule has 0 spiro atoms. The Bertz CT molecular complexity index is 521. The van der Waals surface area contributed by atoms with Crippen LogP contribution in [0.1, 0.15) is 19.4 Å². The third-order valence-corrected chi connectivity index (χ3v) is 2.79. The van der Waals surface area contributed by atoms with Gasteiger partial charge in [-0.2, -0.15) is 0 Å². The standard InChI is InChI=1S/C13H15F2NO/c1-3-16-8(2)6-10-11(14)7-9-4-5-17-13(9)12(10)15/h4-5,7-8,16H,3,6H2,1-2H3/t8-/m0/s1. The molecule has 0 unspecified atom stereocenters. The number of nitrogens with one attached hydrogen (secondary N) is 1. The van der Waals surface area contributed by atoms with Crippen molar-refractivity contribution in [3.63, 3.8) is 0 Å². The molecule has 0 amide bonds. The smallest absolute Gasteiger partial charge is 0.172 e. The van der Waals surface area contributed by atoms with E-state index in [-0.39, 0.29) is 17.2 Å². The molecular weight excluding hydrogens is 224 g/mol. The summed E-state index contributed by atoms with van der Waals surface area (Å²) in [5.41, 5.74) is 0.214. The van der Waals surface area contributed by atoms with Crippen LogP contribution < -0.4 is 5.32 Å². The van der Waals surface area contributed by atoms with Crippen LogP contribution in [0, 0.1) is 11.6 Å². The van der Waals surface area contributed by atoms with Crippen molar-refractivity contribution in [2.45, 2.75) is 26.3 Å². The monoisotopic (exact) mass is 239 g/mol. The molecule has 1 atom stereocenters. The molecule has 2 nitrogen and oxygen atoms in total. The topological polar surface area (TPSA) is 25.2 Å². The maximum absolute atomic E-state index is 14.0. The highest BCUT2D eigenvalue weighted by Crippen LogP contribution is 2.25. The van der Waals surface area contributed by atoms with Gasteiger partial charge in [-0.3, -0.25) is 0 Å². The SMILES string of the molecule is CCN[C@@H](C)Cc1c(F)cc2ccoc2c1F. The minimum atomic E-state index is -0.588. The van der Waals surface area contributed by atoms with Gasteiger partial charge in [0.25, 0.3) is 0 Å². The van der Waals surface area contributed by atoms with Crippen LogP contribution in [0.4, 0.5) is 8.78 Å². The second-order valence-corrected chi connectivity index (χ2v) is 4.15. The molecule has 1 aromatic carbocycles. The first-order chi connectivity index (χ1) is 8.13. The van der Waals surface area contributed by atoms with Gasteiger partial charge in [-0.15, -0.1) is 0 Å². The maximum atomic E-state index is 14.0. The molecule has 0 saturated heterocycles. The zero-order chi connectivity index (χ0) is 12.4. The van der Waals surface area contributed by atoms with E-state index in [2.05, 4.69) is 5.32 Å². The molecule has 1 N–H and O–H groups in total. The lowest BCUT2D eigenvalue weighted by molar-refractivity contribution is 0.499. The van der Waals surface area contributed by atoms with Gasteiger partial charge in [0, 0.05) is 17.0 Å². The molecule has 17 heavy (non-hydrogen) atoms. The average molecular weight is 239 g/mol. The Hall–Kier alpha value is -1.42. The van der Waals surface area contributed by atoms with Crippen molar-refractivity contribution in [3.05, 3.63) is 35.6 Å². The number of halogens is 2. The van der Waals surface area contributed by atoms with E-state index in [0.717, 1.165) is 6.54 Å². The molecule has 1 heterocycles. The van der Waals surface area contributed by atoms with Crippen LogP contribution in [0.5, 0.6) is 0 Å². The van der Waals surface area contributed by atoms with E-state index in [4.69, 9.17) is 4.42 Å². The van der Waals surface area contributed by atoms with Crippen molar-refractivity contribution < 1.29 is 13.2 Å². The normalized spacial score (nSPS) is 13.2. The Morgan fingerprint density at radius 1 is 1.41 bits per heavy atom. The van der Waals surface area contributed by atoms with Crippen molar-refractivity contribution in [3.8, 4) is 0 Å². The Kier molecular flexibility index (Phi) is 3.43. The van der Waals surface area contributed by atoms with Crippen molar-refractivity contribution in [2.24, 2.45) is 0 Å². The summed E-state index contributed by atoms with van der Waals surface area (Å²) < 4.78 is 32.8. The Labute approximate surface area is 98.6 Å². The predicted molar refractivity (Wildman–Crippen MR) is 63.0 cm³/mol. The number of furan rings is 1. The number of fused-ring (bicyclic) bond motifs is 1. The number of benzene rings is 1. The molecule has 0 fully saturated rings. The van der Waals surface area contributed by atoms with Gasteiger partial charge in [0.05, 0.1) is 6.26 Å². The summed E-state index contributed by atoms with van der Waals surface area (Å²) in [7, 11) is 0. The highest BCUT2D eigenvalue weighted by atomic mass is 19.1. The van der Waals surface area contributed by atoms with Gasteiger partial charge in [0.1, 0.15) is 5.82 Å². The predicted octanol–water partition coefficient (Wildman–Crippen LogP) is 3.25. The fourth-order valence-electron chi connectivity index (χ4n) is 1.99. The Morgan fingerprint density at radius 3 is 2.88 bits per heavy atom. The van der Waals surface area contributed by atoms with Crippen LogP contribution in [-0.2, 0) is 6.42 Å². The van der Waals surface area contributed by atoms with Gasteiger partial charge < -0.3 is 9.73 Å². The van der Waals surface area contributed by atoms with E-state index in [1.807, 2.05) is 13.8 Å². The van der Waals surface area contributed by atoms with Gasteiger partial charge in [-0.1, -0.05) is 6.92 Å². The zero-order valence-corrected chi connectivity index (χ0v) is 9.89. The van der Waals surface area contributed by atoms with Crippen LogP contribution in [0.25, 0.3) is 11.0 Å². The van der Waals surface area contributed by atoms with Crippen molar-refractivity contribution in [1.29, 1.82) is 0 Å².